The number of nitrogens with zero attached hydrogens (tertiary/aromatic N) is 3. The van der Waals surface area contributed by atoms with Crippen LogP contribution in [0.3, 0.4) is 0 Å². The molecule has 4 aromatic rings. The maximum absolute atomic E-state index is 13.3. The van der Waals surface area contributed by atoms with E-state index in [1.165, 1.54) is 16.7 Å². The number of aliphatic carboxylic acids is 1. The van der Waals surface area contributed by atoms with E-state index >= 15 is 0 Å². The highest BCUT2D eigenvalue weighted by Crippen LogP contribution is 2.35. The van der Waals surface area contributed by atoms with Crippen molar-refractivity contribution in [1.82, 2.24) is 20.4 Å². The van der Waals surface area contributed by atoms with Gasteiger partial charge in [0, 0.05) is 42.5 Å². The Balaban J connectivity index is 1.21. The first-order valence-electron chi connectivity index (χ1n) is 15.1. The van der Waals surface area contributed by atoms with E-state index in [2.05, 4.69) is 53.8 Å². The Morgan fingerprint density at radius 1 is 1.02 bits per heavy atom. The number of fused-ring (bicyclic) bond motifs is 1. The highest BCUT2D eigenvalue weighted by Gasteiger charge is 2.24. The second-order valence-electron chi connectivity index (χ2n) is 11.3. The van der Waals surface area contributed by atoms with Crippen LogP contribution in [0.15, 0.2) is 73.1 Å². The molecule has 44 heavy (non-hydrogen) atoms. The van der Waals surface area contributed by atoms with Gasteiger partial charge in [0.15, 0.2) is 0 Å². The van der Waals surface area contributed by atoms with Crippen molar-refractivity contribution in [2.24, 2.45) is 0 Å². The third-order valence-electron chi connectivity index (χ3n) is 8.21. The van der Waals surface area contributed by atoms with Crippen LogP contribution in [-0.4, -0.2) is 52.3 Å². The van der Waals surface area contributed by atoms with Crippen LogP contribution < -0.4 is 15.5 Å². The molecule has 1 aromatic heterocycles. The first kappa shape index (κ1) is 30.7. The Labute approximate surface area is 257 Å². The first-order chi connectivity index (χ1) is 21.3. The quantitative estimate of drug-likeness (QED) is 0.202. The second-order valence-corrected chi connectivity index (χ2v) is 11.3. The van der Waals surface area contributed by atoms with E-state index in [1.54, 1.807) is 18.2 Å². The SMILES string of the molecule is Cc1cccc(CNCCCC(=O)N2CCCc3c(-c4cnn(Cc5cccc(C(=O)NCC(=O)O)c5)c4)cccc32)c1C. The number of anilines is 1. The van der Waals surface area contributed by atoms with Gasteiger partial charge in [0.25, 0.3) is 5.91 Å². The fourth-order valence-electron chi connectivity index (χ4n) is 5.73. The van der Waals surface area contributed by atoms with Crippen molar-refractivity contribution in [2.45, 2.75) is 52.6 Å². The predicted octanol–water partition coefficient (Wildman–Crippen LogP) is 4.88. The Hall–Kier alpha value is -4.76. The Kier molecular flexibility index (Phi) is 9.86. The Morgan fingerprint density at radius 3 is 2.68 bits per heavy atom. The molecule has 1 aliphatic rings. The number of amides is 2. The number of carbonyl (C=O) groups is 3. The summed E-state index contributed by atoms with van der Waals surface area (Å²) in [6.45, 7) is 6.62. The number of nitrogens with one attached hydrogen (secondary N) is 2. The molecule has 0 radical (unpaired) electrons. The molecule has 0 saturated heterocycles. The highest BCUT2D eigenvalue weighted by molar-refractivity contribution is 5.96. The number of rotatable bonds is 12. The van der Waals surface area contributed by atoms with E-state index in [9.17, 15) is 14.4 Å². The second kappa shape index (κ2) is 14.1. The van der Waals surface area contributed by atoms with Gasteiger partial charge in [-0.25, -0.2) is 0 Å². The van der Waals surface area contributed by atoms with Crippen molar-refractivity contribution in [3.8, 4) is 11.1 Å². The fourth-order valence-corrected chi connectivity index (χ4v) is 5.73. The molecule has 0 bridgehead atoms. The van der Waals surface area contributed by atoms with Gasteiger partial charge in [-0.15, -0.1) is 0 Å². The lowest BCUT2D eigenvalue weighted by atomic mass is 9.93. The number of hydrogen-bond donors (Lipinski definition) is 3. The van der Waals surface area contributed by atoms with Crippen molar-refractivity contribution >= 4 is 23.5 Å². The van der Waals surface area contributed by atoms with Gasteiger partial charge in [-0.2, -0.15) is 5.10 Å². The molecule has 2 amide bonds. The van der Waals surface area contributed by atoms with Crippen LogP contribution in [0.25, 0.3) is 11.1 Å². The topological polar surface area (TPSA) is 117 Å². The van der Waals surface area contributed by atoms with Gasteiger partial charge >= 0.3 is 5.97 Å². The lowest BCUT2D eigenvalue weighted by molar-refractivity contribution is -0.135. The summed E-state index contributed by atoms with van der Waals surface area (Å²) in [6.07, 6.45) is 6.90. The minimum absolute atomic E-state index is 0.152. The van der Waals surface area contributed by atoms with Gasteiger partial charge in [0.2, 0.25) is 5.91 Å². The molecule has 2 heterocycles. The molecule has 5 rings (SSSR count). The van der Waals surface area contributed by atoms with Gasteiger partial charge in [-0.05, 0) is 91.2 Å². The zero-order valence-corrected chi connectivity index (χ0v) is 25.3. The third-order valence-corrected chi connectivity index (χ3v) is 8.21. The van der Waals surface area contributed by atoms with Crippen LogP contribution >= 0.6 is 0 Å². The smallest absolute Gasteiger partial charge is 0.322 e. The van der Waals surface area contributed by atoms with Crippen LogP contribution in [0.5, 0.6) is 0 Å². The standard InChI is InChI=1S/C35H39N5O4/c1-24-8-3-11-28(25(24)2)19-36-16-6-15-33(41)40-17-7-13-31-30(12-5-14-32(31)40)29-20-38-39(23-29)22-26-9-4-10-27(18-26)35(44)37-21-34(42)43/h3-5,8-12,14,18,20,23,36H,6-7,13,15-17,19,21-22H2,1-2H3,(H,37,44)(H,42,43). The van der Waals surface area contributed by atoms with E-state index in [4.69, 9.17) is 5.11 Å². The molecular formula is C35H39N5O4. The third kappa shape index (κ3) is 7.41. The molecule has 1 aliphatic heterocycles. The summed E-state index contributed by atoms with van der Waals surface area (Å²) < 4.78 is 1.82. The van der Waals surface area contributed by atoms with Crippen molar-refractivity contribution in [3.63, 3.8) is 0 Å². The molecule has 0 fully saturated rings. The van der Waals surface area contributed by atoms with Crippen LogP contribution in [0, 0.1) is 13.8 Å². The van der Waals surface area contributed by atoms with Crippen LogP contribution in [0.4, 0.5) is 5.69 Å². The summed E-state index contributed by atoms with van der Waals surface area (Å²) in [4.78, 5) is 38.3. The van der Waals surface area contributed by atoms with E-state index in [-0.39, 0.29) is 5.91 Å². The average molecular weight is 594 g/mol. The lowest BCUT2D eigenvalue weighted by Gasteiger charge is -2.31. The maximum Gasteiger partial charge on any atom is 0.322 e. The van der Waals surface area contributed by atoms with Gasteiger partial charge in [0.05, 0.1) is 12.7 Å². The molecule has 0 spiro atoms. The number of hydrogen-bond acceptors (Lipinski definition) is 5. The number of carbonyl (C=O) groups excluding carboxylic acids is 2. The number of carboxylic acids is 1. The van der Waals surface area contributed by atoms with Crippen LogP contribution in [-0.2, 0) is 29.1 Å². The molecule has 0 atom stereocenters. The minimum atomic E-state index is -1.09. The van der Waals surface area contributed by atoms with Crippen molar-refractivity contribution in [1.29, 1.82) is 0 Å². The summed E-state index contributed by atoms with van der Waals surface area (Å²) in [5.74, 6) is -1.37. The summed E-state index contributed by atoms with van der Waals surface area (Å²) in [6, 6.07) is 19.6. The predicted molar refractivity (Wildman–Crippen MR) is 171 cm³/mol. The molecule has 3 aromatic carbocycles. The number of aromatic nitrogens is 2. The number of benzene rings is 3. The van der Waals surface area contributed by atoms with Crippen molar-refractivity contribution in [2.75, 3.05) is 24.5 Å². The summed E-state index contributed by atoms with van der Waals surface area (Å²) >= 11 is 0. The largest absolute Gasteiger partial charge is 0.480 e. The molecule has 9 heteroatoms. The molecule has 228 valence electrons. The van der Waals surface area contributed by atoms with Crippen molar-refractivity contribution in [3.05, 3.63) is 106 Å². The van der Waals surface area contributed by atoms with Gasteiger partial charge in [0.1, 0.15) is 6.54 Å². The molecular weight excluding hydrogens is 554 g/mol. The van der Waals surface area contributed by atoms with Gasteiger partial charge in [-0.1, -0.05) is 42.5 Å². The van der Waals surface area contributed by atoms with Crippen LogP contribution in [0.1, 0.15) is 57.4 Å². The molecule has 0 unspecified atom stereocenters. The van der Waals surface area contributed by atoms with Gasteiger partial charge in [-0.3, -0.25) is 19.1 Å². The lowest BCUT2D eigenvalue weighted by Crippen LogP contribution is -2.36. The zero-order chi connectivity index (χ0) is 31.1. The van der Waals surface area contributed by atoms with E-state index in [1.807, 2.05) is 40.2 Å². The maximum atomic E-state index is 13.3. The summed E-state index contributed by atoms with van der Waals surface area (Å²) in [5.41, 5.74) is 9.37. The summed E-state index contributed by atoms with van der Waals surface area (Å²) in [7, 11) is 0. The Bertz CT molecular complexity index is 1660. The van der Waals surface area contributed by atoms with Gasteiger partial charge < -0.3 is 20.6 Å². The molecule has 3 N–H and O–H groups in total. The summed E-state index contributed by atoms with van der Waals surface area (Å²) in [5, 5.41) is 19.3. The fraction of sp³-hybridized carbons (Fsp3) is 0.314. The van der Waals surface area contributed by atoms with E-state index < -0.39 is 18.4 Å². The monoisotopic (exact) mass is 593 g/mol. The van der Waals surface area contributed by atoms with Crippen molar-refractivity contribution < 1.29 is 19.5 Å². The highest BCUT2D eigenvalue weighted by atomic mass is 16.4. The van der Waals surface area contributed by atoms with E-state index in [0.717, 1.165) is 66.8 Å². The number of aryl methyl sites for hydroxylation is 1. The zero-order valence-electron chi connectivity index (χ0n) is 25.3. The average Bonchev–Trinajstić information content (AvgIpc) is 3.49. The minimum Gasteiger partial charge on any atom is -0.480 e. The molecule has 9 nitrogen and oxygen atoms in total. The molecule has 0 saturated carbocycles. The van der Waals surface area contributed by atoms with Crippen LogP contribution in [0.2, 0.25) is 0 Å². The van der Waals surface area contributed by atoms with E-state index in [0.29, 0.717) is 18.5 Å². The first-order valence-corrected chi connectivity index (χ1v) is 15.1. The number of carboxylic acid groups (broad SMARTS) is 1. The Morgan fingerprint density at radius 2 is 1.84 bits per heavy atom. The normalized spacial score (nSPS) is 12.5. The molecule has 0 aliphatic carbocycles.